The van der Waals surface area contributed by atoms with Gasteiger partial charge < -0.3 is 16.4 Å². The Morgan fingerprint density at radius 1 is 1.26 bits per heavy atom. The van der Waals surface area contributed by atoms with E-state index in [2.05, 4.69) is 10.6 Å². The van der Waals surface area contributed by atoms with E-state index in [1.165, 1.54) is 0 Å². The summed E-state index contributed by atoms with van der Waals surface area (Å²) in [6, 6.07) is 6.33. The number of anilines is 2. The number of benzene rings is 1. The summed E-state index contributed by atoms with van der Waals surface area (Å²) >= 11 is 0. The molecule has 2 fully saturated rings. The van der Waals surface area contributed by atoms with Crippen molar-refractivity contribution in [2.75, 3.05) is 17.6 Å². The standard InChI is InChI=1S/C15H18N4O3.ClH/c16-10-5-1-2-6-11(10)17-12(20)9-19-13(21)15(18-14(19)22)7-3-4-8-15;/h1-2,5-6H,3-4,7-9,16H2,(H,17,20)(H,18,22);1H. The van der Waals surface area contributed by atoms with E-state index in [0.717, 1.165) is 17.7 Å². The lowest BCUT2D eigenvalue weighted by Crippen LogP contribution is -2.44. The van der Waals surface area contributed by atoms with Gasteiger partial charge in [0.2, 0.25) is 5.91 Å². The third-order valence-electron chi connectivity index (χ3n) is 4.24. The first-order valence-electron chi connectivity index (χ1n) is 7.30. The average molecular weight is 339 g/mol. The van der Waals surface area contributed by atoms with Crippen LogP contribution in [-0.2, 0) is 9.59 Å². The van der Waals surface area contributed by atoms with Crippen molar-refractivity contribution >= 4 is 41.6 Å². The van der Waals surface area contributed by atoms with Crippen LogP contribution < -0.4 is 16.4 Å². The Bertz CT molecular complexity index is 643. The molecule has 8 heteroatoms. The number of rotatable bonds is 3. The van der Waals surface area contributed by atoms with Gasteiger partial charge in [-0.2, -0.15) is 0 Å². The number of nitrogen functional groups attached to an aromatic ring is 1. The summed E-state index contributed by atoms with van der Waals surface area (Å²) in [7, 11) is 0. The van der Waals surface area contributed by atoms with E-state index < -0.39 is 17.5 Å². The van der Waals surface area contributed by atoms with E-state index >= 15 is 0 Å². The molecule has 1 aliphatic heterocycles. The smallest absolute Gasteiger partial charge is 0.325 e. The molecule has 0 atom stereocenters. The highest BCUT2D eigenvalue weighted by atomic mass is 35.5. The fourth-order valence-corrected chi connectivity index (χ4v) is 3.08. The monoisotopic (exact) mass is 338 g/mol. The van der Waals surface area contributed by atoms with Crippen molar-refractivity contribution in [2.45, 2.75) is 31.2 Å². The third kappa shape index (κ3) is 3.10. The van der Waals surface area contributed by atoms with Crippen molar-refractivity contribution in [2.24, 2.45) is 0 Å². The molecule has 0 radical (unpaired) electrons. The summed E-state index contributed by atoms with van der Waals surface area (Å²) in [5, 5.41) is 5.36. The summed E-state index contributed by atoms with van der Waals surface area (Å²) < 4.78 is 0. The molecule has 0 aromatic heterocycles. The molecule has 0 bridgehead atoms. The summed E-state index contributed by atoms with van der Waals surface area (Å²) in [6.07, 6.45) is 3.10. The number of halogens is 1. The first-order valence-corrected chi connectivity index (χ1v) is 7.30. The molecule has 1 heterocycles. The molecule has 1 aromatic carbocycles. The number of carbonyl (C=O) groups is 3. The second kappa shape index (κ2) is 6.45. The van der Waals surface area contributed by atoms with Crippen LogP contribution in [0.1, 0.15) is 25.7 Å². The molecular formula is C15H19ClN4O3. The van der Waals surface area contributed by atoms with Crippen LogP contribution in [-0.4, -0.2) is 34.8 Å². The largest absolute Gasteiger partial charge is 0.397 e. The summed E-state index contributed by atoms with van der Waals surface area (Å²) in [6.45, 7) is -0.305. The number of urea groups is 1. The van der Waals surface area contributed by atoms with E-state index in [-0.39, 0.29) is 24.9 Å². The van der Waals surface area contributed by atoms with Crippen LogP contribution in [0.5, 0.6) is 0 Å². The predicted molar refractivity (Wildman–Crippen MR) is 88.2 cm³/mol. The Kier molecular flexibility index (Phi) is 4.79. The van der Waals surface area contributed by atoms with Gasteiger partial charge >= 0.3 is 6.03 Å². The zero-order valence-corrected chi connectivity index (χ0v) is 13.3. The fourth-order valence-electron chi connectivity index (χ4n) is 3.08. The molecule has 23 heavy (non-hydrogen) atoms. The fraction of sp³-hybridized carbons (Fsp3) is 0.400. The molecule has 1 aliphatic carbocycles. The summed E-state index contributed by atoms with van der Waals surface area (Å²) in [5.74, 6) is -0.748. The number of carbonyl (C=O) groups excluding carboxylic acids is 3. The van der Waals surface area contributed by atoms with Crippen LogP contribution in [0.15, 0.2) is 24.3 Å². The number of nitrogens with one attached hydrogen (secondary N) is 2. The van der Waals surface area contributed by atoms with Crippen molar-refractivity contribution in [3.63, 3.8) is 0 Å². The molecule has 4 amide bonds. The Balaban J connectivity index is 0.00000192. The Morgan fingerprint density at radius 3 is 2.57 bits per heavy atom. The van der Waals surface area contributed by atoms with Gasteiger partial charge in [-0.25, -0.2) is 4.79 Å². The van der Waals surface area contributed by atoms with Crippen molar-refractivity contribution in [1.29, 1.82) is 0 Å². The van der Waals surface area contributed by atoms with Gasteiger partial charge in [-0.3, -0.25) is 14.5 Å². The lowest BCUT2D eigenvalue weighted by molar-refractivity contribution is -0.133. The number of hydrogen-bond acceptors (Lipinski definition) is 4. The van der Waals surface area contributed by atoms with Crippen molar-refractivity contribution < 1.29 is 14.4 Å². The lowest BCUT2D eigenvalue weighted by atomic mass is 9.98. The van der Waals surface area contributed by atoms with Crippen LogP contribution >= 0.6 is 12.4 Å². The lowest BCUT2D eigenvalue weighted by Gasteiger charge is -2.19. The summed E-state index contributed by atoms with van der Waals surface area (Å²) in [5.41, 5.74) is 5.86. The second-order valence-electron chi connectivity index (χ2n) is 5.75. The van der Waals surface area contributed by atoms with Crippen molar-refractivity contribution in [3.05, 3.63) is 24.3 Å². The van der Waals surface area contributed by atoms with Gasteiger partial charge in [0.1, 0.15) is 12.1 Å². The molecular weight excluding hydrogens is 320 g/mol. The van der Waals surface area contributed by atoms with Gasteiger partial charge in [0.05, 0.1) is 11.4 Å². The quantitative estimate of drug-likeness (QED) is 0.573. The Morgan fingerprint density at radius 2 is 1.91 bits per heavy atom. The number of nitrogens with two attached hydrogens (primary N) is 1. The Labute approximate surface area is 140 Å². The van der Waals surface area contributed by atoms with E-state index in [1.807, 2.05) is 0 Å². The first kappa shape index (κ1) is 17.1. The molecule has 1 aromatic rings. The minimum Gasteiger partial charge on any atom is -0.397 e. The van der Waals surface area contributed by atoms with Crippen molar-refractivity contribution in [1.82, 2.24) is 10.2 Å². The minimum atomic E-state index is -0.789. The van der Waals surface area contributed by atoms with Crippen LogP contribution in [0.2, 0.25) is 0 Å². The molecule has 0 unspecified atom stereocenters. The molecule has 124 valence electrons. The second-order valence-corrected chi connectivity index (χ2v) is 5.75. The van der Waals surface area contributed by atoms with Crippen molar-refractivity contribution in [3.8, 4) is 0 Å². The SMILES string of the molecule is Cl.Nc1ccccc1NC(=O)CN1C(=O)NC2(CCCC2)C1=O. The normalized spacial score (nSPS) is 18.7. The van der Waals surface area contributed by atoms with Gasteiger partial charge in [-0.1, -0.05) is 25.0 Å². The number of nitrogens with zero attached hydrogens (tertiary/aromatic N) is 1. The molecule has 4 N–H and O–H groups in total. The van der Waals surface area contributed by atoms with Crippen LogP contribution in [0.4, 0.5) is 16.2 Å². The molecule has 1 spiro atoms. The molecule has 3 rings (SSSR count). The summed E-state index contributed by atoms with van der Waals surface area (Å²) in [4.78, 5) is 37.5. The van der Waals surface area contributed by atoms with Crippen LogP contribution in [0.25, 0.3) is 0 Å². The third-order valence-corrected chi connectivity index (χ3v) is 4.24. The van der Waals surface area contributed by atoms with Crippen LogP contribution in [0.3, 0.4) is 0 Å². The van der Waals surface area contributed by atoms with Gasteiger partial charge in [0.15, 0.2) is 0 Å². The highest BCUT2D eigenvalue weighted by molar-refractivity contribution is 6.10. The highest BCUT2D eigenvalue weighted by Crippen LogP contribution is 2.34. The van der Waals surface area contributed by atoms with Crippen LogP contribution in [0, 0.1) is 0 Å². The maximum Gasteiger partial charge on any atom is 0.325 e. The zero-order chi connectivity index (χ0) is 15.7. The van der Waals surface area contributed by atoms with E-state index in [0.29, 0.717) is 24.2 Å². The van der Waals surface area contributed by atoms with Gasteiger partial charge in [-0.05, 0) is 25.0 Å². The molecule has 7 nitrogen and oxygen atoms in total. The maximum absolute atomic E-state index is 12.4. The van der Waals surface area contributed by atoms with Gasteiger partial charge in [-0.15, -0.1) is 12.4 Å². The van der Waals surface area contributed by atoms with E-state index in [4.69, 9.17) is 5.73 Å². The number of hydrogen-bond donors (Lipinski definition) is 3. The number of para-hydroxylation sites is 2. The highest BCUT2D eigenvalue weighted by Gasteiger charge is 2.52. The van der Waals surface area contributed by atoms with E-state index in [1.54, 1.807) is 24.3 Å². The number of imide groups is 1. The molecule has 1 saturated heterocycles. The molecule has 1 saturated carbocycles. The zero-order valence-electron chi connectivity index (χ0n) is 12.5. The molecule has 2 aliphatic rings. The first-order chi connectivity index (χ1) is 10.5. The average Bonchev–Trinajstić information content (AvgIpc) is 3.03. The topological polar surface area (TPSA) is 105 Å². The minimum absolute atomic E-state index is 0. The van der Waals surface area contributed by atoms with E-state index in [9.17, 15) is 14.4 Å². The van der Waals surface area contributed by atoms with Gasteiger partial charge in [0, 0.05) is 0 Å². The predicted octanol–water partition coefficient (Wildman–Crippen LogP) is 1.49. The maximum atomic E-state index is 12.4. The Hall–Kier alpha value is -2.28. The number of amides is 4. The van der Waals surface area contributed by atoms with Gasteiger partial charge in [0.25, 0.3) is 5.91 Å².